The van der Waals surface area contributed by atoms with Crippen molar-refractivity contribution in [3.8, 4) is 0 Å². The molecule has 5 nitrogen and oxygen atoms in total. The van der Waals surface area contributed by atoms with Crippen molar-refractivity contribution in [1.82, 2.24) is 4.31 Å². The van der Waals surface area contributed by atoms with Gasteiger partial charge in [0.25, 0.3) is 0 Å². The summed E-state index contributed by atoms with van der Waals surface area (Å²) in [7, 11) is -1.89. The average Bonchev–Trinajstić information content (AvgIpc) is 3.05. The highest BCUT2D eigenvalue weighted by molar-refractivity contribution is 7.89. The Morgan fingerprint density at radius 3 is 2.78 bits per heavy atom. The normalized spacial score (nSPS) is 16.4. The molecule has 2 rings (SSSR count). The van der Waals surface area contributed by atoms with Crippen molar-refractivity contribution >= 4 is 21.4 Å². The Bertz CT molecular complexity index is 493. The maximum atomic E-state index is 12.4. The average molecular weight is 291 g/mol. The molecule has 102 valence electrons. The molecule has 0 saturated heterocycles. The maximum Gasteiger partial charge on any atom is 0.244 e. The smallest absolute Gasteiger partial charge is 0.244 e. The molecule has 1 aliphatic carbocycles. The number of hydrogen-bond acceptors (Lipinski definition) is 5. The molecule has 18 heavy (non-hydrogen) atoms. The summed E-state index contributed by atoms with van der Waals surface area (Å²) >= 11 is 1.26. The van der Waals surface area contributed by atoms with Crippen LogP contribution in [0.5, 0.6) is 0 Å². The van der Waals surface area contributed by atoms with Gasteiger partial charge in [0, 0.05) is 30.0 Å². The standard InChI is InChI=1S/C11H17NO4S2/c1-16-5-4-12(9-2-3-9)18(14,15)11-6-10(7-13)17-8-11/h6,8-9,13H,2-5,7H2,1H3. The lowest BCUT2D eigenvalue weighted by Gasteiger charge is -2.20. The van der Waals surface area contributed by atoms with E-state index in [1.54, 1.807) is 18.6 Å². The van der Waals surface area contributed by atoms with Gasteiger partial charge in [0.2, 0.25) is 10.0 Å². The highest BCUT2D eigenvalue weighted by atomic mass is 32.2. The molecule has 1 heterocycles. The highest BCUT2D eigenvalue weighted by Crippen LogP contribution is 2.33. The SMILES string of the molecule is COCCN(C1CC1)S(=O)(=O)c1csc(CO)c1. The maximum absolute atomic E-state index is 12.4. The van der Waals surface area contributed by atoms with Gasteiger partial charge in [0.1, 0.15) is 0 Å². The fourth-order valence-corrected chi connectivity index (χ4v) is 4.55. The third kappa shape index (κ3) is 2.92. The molecular weight excluding hydrogens is 274 g/mol. The van der Waals surface area contributed by atoms with E-state index in [4.69, 9.17) is 9.84 Å². The third-order valence-corrected chi connectivity index (χ3v) is 5.86. The van der Waals surface area contributed by atoms with E-state index in [9.17, 15) is 8.42 Å². The molecule has 0 radical (unpaired) electrons. The van der Waals surface area contributed by atoms with E-state index in [1.807, 2.05) is 0 Å². The zero-order valence-electron chi connectivity index (χ0n) is 10.2. The predicted molar refractivity (Wildman–Crippen MR) is 69.0 cm³/mol. The minimum absolute atomic E-state index is 0.114. The third-order valence-electron chi connectivity index (χ3n) is 2.86. The van der Waals surface area contributed by atoms with Crippen LogP contribution in [-0.2, 0) is 21.4 Å². The van der Waals surface area contributed by atoms with Crippen molar-refractivity contribution in [3.05, 3.63) is 16.3 Å². The molecule has 1 saturated carbocycles. The summed E-state index contributed by atoms with van der Waals surface area (Å²) in [5, 5.41) is 10.6. The van der Waals surface area contributed by atoms with E-state index in [0.717, 1.165) is 12.8 Å². The van der Waals surface area contributed by atoms with Crippen LogP contribution in [0.15, 0.2) is 16.3 Å². The van der Waals surface area contributed by atoms with Crippen LogP contribution in [0.25, 0.3) is 0 Å². The molecule has 1 N–H and O–H groups in total. The van der Waals surface area contributed by atoms with Gasteiger partial charge in [0.15, 0.2) is 0 Å². The van der Waals surface area contributed by atoms with Crippen LogP contribution in [0.3, 0.4) is 0 Å². The minimum Gasteiger partial charge on any atom is -0.391 e. The van der Waals surface area contributed by atoms with Crippen molar-refractivity contribution in [3.63, 3.8) is 0 Å². The number of aliphatic hydroxyl groups is 1. The van der Waals surface area contributed by atoms with Crippen LogP contribution >= 0.6 is 11.3 Å². The van der Waals surface area contributed by atoms with E-state index in [2.05, 4.69) is 0 Å². The zero-order valence-corrected chi connectivity index (χ0v) is 11.8. The lowest BCUT2D eigenvalue weighted by atomic mass is 10.5. The molecule has 0 spiro atoms. The van der Waals surface area contributed by atoms with Crippen LogP contribution in [0, 0.1) is 0 Å². The molecule has 0 amide bonds. The summed E-state index contributed by atoms with van der Waals surface area (Å²) in [6, 6.07) is 1.66. The molecule has 7 heteroatoms. The summed E-state index contributed by atoms with van der Waals surface area (Å²) < 4.78 is 31.4. The molecule has 0 aromatic carbocycles. The Hall–Kier alpha value is -0.470. The van der Waals surface area contributed by atoms with Gasteiger partial charge in [-0.3, -0.25) is 0 Å². The summed E-state index contributed by atoms with van der Waals surface area (Å²) in [6.07, 6.45) is 1.83. The molecule has 0 bridgehead atoms. The Labute approximate surface area is 111 Å². The summed E-state index contributed by atoms with van der Waals surface area (Å²) in [5.41, 5.74) is 0. The number of hydrogen-bond donors (Lipinski definition) is 1. The van der Waals surface area contributed by atoms with Gasteiger partial charge < -0.3 is 9.84 Å². The van der Waals surface area contributed by atoms with Crippen molar-refractivity contribution in [2.24, 2.45) is 0 Å². The molecule has 0 aliphatic heterocycles. The monoisotopic (exact) mass is 291 g/mol. The fourth-order valence-electron chi connectivity index (χ4n) is 1.76. The van der Waals surface area contributed by atoms with Gasteiger partial charge in [-0.25, -0.2) is 8.42 Å². The van der Waals surface area contributed by atoms with Gasteiger partial charge in [-0.15, -0.1) is 11.3 Å². The van der Waals surface area contributed by atoms with Gasteiger partial charge in [0.05, 0.1) is 18.1 Å². The number of nitrogens with zero attached hydrogens (tertiary/aromatic N) is 1. The number of ether oxygens (including phenoxy) is 1. The van der Waals surface area contributed by atoms with E-state index in [1.165, 1.54) is 15.6 Å². The zero-order chi connectivity index (χ0) is 13.2. The minimum atomic E-state index is -3.45. The van der Waals surface area contributed by atoms with Crippen molar-refractivity contribution in [2.75, 3.05) is 20.3 Å². The first kappa shape index (κ1) is 14.0. The molecule has 0 atom stereocenters. The Kier molecular flexibility index (Phi) is 4.39. The largest absolute Gasteiger partial charge is 0.391 e. The number of aliphatic hydroxyl groups excluding tert-OH is 1. The topological polar surface area (TPSA) is 66.8 Å². The highest BCUT2D eigenvalue weighted by Gasteiger charge is 2.38. The molecule has 1 aromatic heterocycles. The lowest BCUT2D eigenvalue weighted by molar-refractivity contribution is 0.177. The summed E-state index contributed by atoms with van der Waals surface area (Å²) in [4.78, 5) is 0.940. The first-order valence-corrected chi connectivity index (χ1v) is 8.10. The van der Waals surface area contributed by atoms with Crippen LogP contribution in [0.1, 0.15) is 17.7 Å². The summed E-state index contributed by atoms with van der Waals surface area (Å²) in [5.74, 6) is 0. The van der Waals surface area contributed by atoms with E-state index >= 15 is 0 Å². The molecule has 1 aromatic rings. The van der Waals surface area contributed by atoms with Crippen molar-refractivity contribution in [2.45, 2.75) is 30.4 Å². The van der Waals surface area contributed by atoms with Gasteiger partial charge in [-0.1, -0.05) is 0 Å². The number of rotatable bonds is 7. The lowest BCUT2D eigenvalue weighted by Crippen LogP contribution is -2.35. The van der Waals surface area contributed by atoms with Crippen molar-refractivity contribution in [1.29, 1.82) is 0 Å². The fraction of sp³-hybridized carbons (Fsp3) is 0.636. The van der Waals surface area contributed by atoms with Crippen LogP contribution in [-0.4, -0.2) is 44.1 Å². The van der Waals surface area contributed by atoms with E-state index in [0.29, 0.717) is 18.0 Å². The number of sulfonamides is 1. The van der Waals surface area contributed by atoms with Crippen LogP contribution in [0.4, 0.5) is 0 Å². The second-order valence-corrected chi connectivity index (χ2v) is 7.13. The Morgan fingerprint density at radius 1 is 1.56 bits per heavy atom. The number of thiophene rings is 1. The molecule has 1 fully saturated rings. The Morgan fingerprint density at radius 2 is 2.28 bits per heavy atom. The van der Waals surface area contributed by atoms with Gasteiger partial charge in [-0.05, 0) is 18.9 Å². The predicted octanol–water partition coefficient (Wildman–Crippen LogP) is 1.04. The van der Waals surface area contributed by atoms with Gasteiger partial charge >= 0.3 is 0 Å². The van der Waals surface area contributed by atoms with E-state index < -0.39 is 10.0 Å². The van der Waals surface area contributed by atoms with Crippen LogP contribution in [0.2, 0.25) is 0 Å². The van der Waals surface area contributed by atoms with Crippen molar-refractivity contribution < 1.29 is 18.3 Å². The van der Waals surface area contributed by atoms with Crippen LogP contribution < -0.4 is 0 Å². The first-order valence-electron chi connectivity index (χ1n) is 5.78. The molecule has 0 unspecified atom stereocenters. The molecule has 1 aliphatic rings. The first-order chi connectivity index (χ1) is 8.59. The second kappa shape index (κ2) is 5.66. The van der Waals surface area contributed by atoms with E-state index in [-0.39, 0.29) is 17.5 Å². The second-order valence-electron chi connectivity index (χ2n) is 4.25. The molecular formula is C11H17NO4S2. The summed E-state index contributed by atoms with van der Waals surface area (Å²) in [6.45, 7) is 0.655. The van der Waals surface area contributed by atoms with Gasteiger partial charge in [-0.2, -0.15) is 4.31 Å². The Balaban J connectivity index is 2.21. The quantitative estimate of drug-likeness (QED) is 0.815. The number of methoxy groups -OCH3 is 1.